The first-order valence-corrected chi connectivity index (χ1v) is 7.38. The quantitative estimate of drug-likeness (QED) is 0.863. The van der Waals surface area contributed by atoms with Gasteiger partial charge in [-0.1, -0.05) is 15.9 Å². The van der Waals surface area contributed by atoms with Gasteiger partial charge in [-0.3, -0.25) is 0 Å². The number of rotatable bonds is 6. The van der Waals surface area contributed by atoms with Gasteiger partial charge in [0.25, 0.3) is 0 Å². The number of furan rings is 1. The SMILES string of the molecule is Fc1cc(Br)ccc1OCc1ccoc1CNC1CC1. The molecule has 3 rings (SSSR count). The minimum Gasteiger partial charge on any atom is -0.486 e. The molecule has 0 aliphatic heterocycles. The molecule has 2 aromatic rings. The lowest BCUT2D eigenvalue weighted by atomic mass is 10.2. The van der Waals surface area contributed by atoms with E-state index in [1.165, 1.54) is 18.9 Å². The van der Waals surface area contributed by atoms with Crippen molar-refractivity contribution in [1.82, 2.24) is 5.32 Å². The fourth-order valence-corrected chi connectivity index (χ4v) is 2.26. The second-order valence-electron chi connectivity index (χ2n) is 4.89. The number of hydrogen-bond donors (Lipinski definition) is 1. The van der Waals surface area contributed by atoms with Gasteiger partial charge in [-0.05, 0) is 37.1 Å². The third kappa shape index (κ3) is 3.41. The predicted molar refractivity (Wildman–Crippen MR) is 77.0 cm³/mol. The number of benzene rings is 1. The van der Waals surface area contributed by atoms with E-state index in [1.807, 2.05) is 6.07 Å². The monoisotopic (exact) mass is 339 g/mol. The molecule has 0 spiro atoms. The summed E-state index contributed by atoms with van der Waals surface area (Å²) in [6, 6.07) is 7.24. The first-order chi connectivity index (χ1) is 9.72. The molecule has 1 fully saturated rings. The zero-order valence-corrected chi connectivity index (χ0v) is 12.5. The first-order valence-electron chi connectivity index (χ1n) is 6.59. The van der Waals surface area contributed by atoms with E-state index in [0.717, 1.165) is 11.3 Å². The molecule has 106 valence electrons. The molecule has 1 aliphatic carbocycles. The molecule has 1 saturated carbocycles. The molecule has 0 unspecified atom stereocenters. The molecule has 5 heteroatoms. The lowest BCUT2D eigenvalue weighted by Gasteiger charge is -2.08. The van der Waals surface area contributed by atoms with Crippen molar-refractivity contribution in [2.24, 2.45) is 0 Å². The summed E-state index contributed by atoms with van der Waals surface area (Å²) in [5.74, 6) is 0.727. The highest BCUT2D eigenvalue weighted by Crippen LogP contribution is 2.24. The van der Waals surface area contributed by atoms with Crippen molar-refractivity contribution in [1.29, 1.82) is 0 Å². The summed E-state index contributed by atoms with van der Waals surface area (Å²) >= 11 is 3.22. The van der Waals surface area contributed by atoms with Gasteiger partial charge < -0.3 is 14.5 Å². The third-order valence-corrected chi connectivity index (χ3v) is 3.74. The van der Waals surface area contributed by atoms with Crippen molar-refractivity contribution in [3.8, 4) is 5.75 Å². The maximum atomic E-state index is 13.7. The second-order valence-corrected chi connectivity index (χ2v) is 5.80. The molecule has 0 amide bonds. The molecule has 20 heavy (non-hydrogen) atoms. The Morgan fingerprint density at radius 2 is 2.20 bits per heavy atom. The van der Waals surface area contributed by atoms with Gasteiger partial charge in [-0.15, -0.1) is 0 Å². The number of nitrogens with one attached hydrogen (secondary N) is 1. The maximum absolute atomic E-state index is 13.7. The summed E-state index contributed by atoms with van der Waals surface area (Å²) < 4.78 is 25.3. The molecule has 0 bridgehead atoms. The van der Waals surface area contributed by atoms with Gasteiger partial charge >= 0.3 is 0 Å². The summed E-state index contributed by atoms with van der Waals surface area (Å²) in [6.45, 7) is 0.996. The minimum atomic E-state index is -0.375. The summed E-state index contributed by atoms with van der Waals surface area (Å²) in [5.41, 5.74) is 0.945. The Morgan fingerprint density at radius 3 is 2.95 bits per heavy atom. The number of halogens is 2. The Bertz CT molecular complexity index is 595. The van der Waals surface area contributed by atoms with E-state index in [1.54, 1.807) is 18.4 Å². The highest BCUT2D eigenvalue weighted by Gasteiger charge is 2.21. The Morgan fingerprint density at radius 1 is 1.35 bits per heavy atom. The topological polar surface area (TPSA) is 34.4 Å². The van der Waals surface area contributed by atoms with Crippen LogP contribution in [0.5, 0.6) is 5.75 Å². The molecular weight excluding hydrogens is 325 g/mol. The number of hydrogen-bond acceptors (Lipinski definition) is 3. The molecule has 1 N–H and O–H groups in total. The van der Waals surface area contributed by atoms with Crippen molar-refractivity contribution in [2.75, 3.05) is 0 Å². The molecule has 1 aromatic heterocycles. The third-order valence-electron chi connectivity index (χ3n) is 3.24. The van der Waals surface area contributed by atoms with Gasteiger partial charge in [-0.25, -0.2) is 4.39 Å². The Hall–Kier alpha value is -1.33. The van der Waals surface area contributed by atoms with Crippen LogP contribution in [0.25, 0.3) is 0 Å². The molecule has 0 radical (unpaired) electrons. The van der Waals surface area contributed by atoms with Crippen LogP contribution in [0, 0.1) is 5.82 Å². The summed E-state index contributed by atoms with van der Waals surface area (Å²) in [6.07, 6.45) is 4.10. The second kappa shape index (κ2) is 5.97. The fourth-order valence-electron chi connectivity index (χ4n) is 1.92. The Labute approximate surface area is 125 Å². The lowest BCUT2D eigenvalue weighted by Crippen LogP contribution is -2.16. The smallest absolute Gasteiger partial charge is 0.166 e. The van der Waals surface area contributed by atoms with E-state index in [4.69, 9.17) is 9.15 Å². The highest BCUT2D eigenvalue weighted by molar-refractivity contribution is 9.10. The zero-order chi connectivity index (χ0) is 13.9. The Kier molecular flexibility index (Phi) is 4.08. The molecule has 1 aliphatic rings. The summed E-state index contributed by atoms with van der Waals surface area (Å²) in [5, 5.41) is 3.39. The van der Waals surface area contributed by atoms with Crippen molar-refractivity contribution in [3.63, 3.8) is 0 Å². The van der Waals surface area contributed by atoms with Crippen molar-refractivity contribution in [2.45, 2.75) is 32.0 Å². The van der Waals surface area contributed by atoms with Crippen LogP contribution >= 0.6 is 15.9 Å². The average Bonchev–Trinajstić information content (AvgIpc) is 3.14. The fraction of sp³-hybridized carbons (Fsp3) is 0.333. The predicted octanol–water partition coefficient (Wildman–Crippen LogP) is 4.01. The molecule has 1 aromatic carbocycles. The van der Waals surface area contributed by atoms with Crippen molar-refractivity contribution in [3.05, 3.63) is 52.1 Å². The van der Waals surface area contributed by atoms with Crippen LogP contribution in [0.2, 0.25) is 0 Å². The van der Waals surface area contributed by atoms with Crippen LogP contribution < -0.4 is 10.1 Å². The molecule has 1 heterocycles. The minimum absolute atomic E-state index is 0.246. The largest absolute Gasteiger partial charge is 0.486 e. The van der Waals surface area contributed by atoms with Gasteiger partial charge in [0.05, 0.1) is 12.8 Å². The Balaban J connectivity index is 1.61. The lowest BCUT2D eigenvalue weighted by molar-refractivity contribution is 0.286. The molecule has 0 atom stereocenters. The maximum Gasteiger partial charge on any atom is 0.166 e. The summed E-state index contributed by atoms with van der Waals surface area (Å²) in [4.78, 5) is 0. The number of ether oxygens (including phenoxy) is 1. The van der Waals surface area contributed by atoms with Crippen LogP contribution in [-0.2, 0) is 13.2 Å². The van der Waals surface area contributed by atoms with Crippen LogP contribution in [0.1, 0.15) is 24.2 Å². The molecule has 0 saturated heterocycles. The average molecular weight is 340 g/mol. The highest BCUT2D eigenvalue weighted by atomic mass is 79.9. The van der Waals surface area contributed by atoms with Crippen molar-refractivity contribution < 1.29 is 13.5 Å². The molecular formula is C15H15BrFNO2. The van der Waals surface area contributed by atoms with Gasteiger partial charge in [0.15, 0.2) is 11.6 Å². The van der Waals surface area contributed by atoms with Gasteiger partial charge in [-0.2, -0.15) is 0 Å². The van der Waals surface area contributed by atoms with Crippen LogP contribution in [0.15, 0.2) is 39.4 Å². The van der Waals surface area contributed by atoms with E-state index in [0.29, 0.717) is 23.7 Å². The van der Waals surface area contributed by atoms with Crippen LogP contribution in [0.3, 0.4) is 0 Å². The summed E-state index contributed by atoms with van der Waals surface area (Å²) in [7, 11) is 0. The van der Waals surface area contributed by atoms with E-state index in [-0.39, 0.29) is 11.6 Å². The van der Waals surface area contributed by atoms with Gasteiger partial charge in [0.2, 0.25) is 0 Å². The normalized spacial score (nSPS) is 14.5. The van der Waals surface area contributed by atoms with Gasteiger partial charge in [0, 0.05) is 16.1 Å². The zero-order valence-electron chi connectivity index (χ0n) is 10.9. The van der Waals surface area contributed by atoms with Crippen LogP contribution in [-0.4, -0.2) is 6.04 Å². The van der Waals surface area contributed by atoms with Crippen molar-refractivity contribution >= 4 is 15.9 Å². The molecule has 3 nitrogen and oxygen atoms in total. The van der Waals surface area contributed by atoms with E-state index in [9.17, 15) is 4.39 Å². The first kappa shape index (κ1) is 13.6. The standard InChI is InChI=1S/C15H15BrFNO2/c16-11-1-4-14(13(17)7-11)20-9-10-5-6-19-15(10)8-18-12-2-3-12/h1,4-7,12,18H,2-3,8-9H2. The van der Waals surface area contributed by atoms with E-state index >= 15 is 0 Å². The van der Waals surface area contributed by atoms with E-state index in [2.05, 4.69) is 21.2 Å². The van der Waals surface area contributed by atoms with Crippen LogP contribution in [0.4, 0.5) is 4.39 Å². The van der Waals surface area contributed by atoms with E-state index < -0.39 is 0 Å². The van der Waals surface area contributed by atoms with Gasteiger partial charge in [0.1, 0.15) is 12.4 Å².